The molecule has 25 heavy (non-hydrogen) atoms. The first-order valence-corrected chi connectivity index (χ1v) is 10.4. The Balaban J connectivity index is 2.04. The van der Waals surface area contributed by atoms with Gasteiger partial charge >= 0.3 is 0 Å². The standard InChI is InChI=1S/C16H23Cl2N3O3S/c1-3-6-19-16(22)12(2)20-7-9-21(10-8-20)25(23,24)15-11-13(17)4-5-14(15)18/h4-5,11-12H,3,6-10H2,1-2H3,(H,19,22)/t12-/m1/s1. The molecule has 0 bridgehead atoms. The molecular weight excluding hydrogens is 385 g/mol. The van der Waals surface area contributed by atoms with Gasteiger partial charge in [0, 0.05) is 37.7 Å². The Hall–Kier alpha value is -0.860. The molecule has 0 radical (unpaired) electrons. The van der Waals surface area contributed by atoms with Crippen molar-refractivity contribution < 1.29 is 13.2 Å². The lowest BCUT2D eigenvalue weighted by Crippen LogP contribution is -2.54. The molecule has 1 heterocycles. The third-order valence-corrected chi connectivity index (χ3v) is 6.88. The zero-order chi connectivity index (χ0) is 18.6. The zero-order valence-electron chi connectivity index (χ0n) is 14.3. The van der Waals surface area contributed by atoms with E-state index < -0.39 is 10.0 Å². The van der Waals surface area contributed by atoms with Gasteiger partial charge in [0.25, 0.3) is 0 Å². The highest BCUT2D eigenvalue weighted by atomic mass is 35.5. The van der Waals surface area contributed by atoms with E-state index in [1.54, 1.807) is 6.07 Å². The number of amides is 1. The highest BCUT2D eigenvalue weighted by Gasteiger charge is 2.32. The molecule has 0 spiro atoms. The number of nitrogens with zero attached hydrogens (tertiary/aromatic N) is 2. The Morgan fingerprint density at radius 3 is 2.48 bits per heavy atom. The van der Waals surface area contributed by atoms with E-state index in [1.165, 1.54) is 16.4 Å². The normalized spacial score (nSPS) is 18.1. The van der Waals surface area contributed by atoms with Crippen molar-refractivity contribution in [3.05, 3.63) is 28.2 Å². The van der Waals surface area contributed by atoms with Gasteiger partial charge < -0.3 is 5.32 Å². The third kappa shape index (κ3) is 4.86. The van der Waals surface area contributed by atoms with Crippen LogP contribution in [0, 0.1) is 0 Å². The quantitative estimate of drug-likeness (QED) is 0.784. The van der Waals surface area contributed by atoms with Crippen molar-refractivity contribution in [2.24, 2.45) is 0 Å². The minimum Gasteiger partial charge on any atom is -0.355 e. The first-order valence-electron chi connectivity index (χ1n) is 8.24. The van der Waals surface area contributed by atoms with E-state index in [2.05, 4.69) is 5.32 Å². The van der Waals surface area contributed by atoms with Crippen LogP contribution in [0.2, 0.25) is 10.0 Å². The molecule has 1 fully saturated rings. The summed E-state index contributed by atoms with van der Waals surface area (Å²) in [5.41, 5.74) is 0. The summed E-state index contributed by atoms with van der Waals surface area (Å²) >= 11 is 12.0. The summed E-state index contributed by atoms with van der Waals surface area (Å²) in [5.74, 6) is -0.0314. The first kappa shape index (κ1) is 20.5. The molecule has 1 aliphatic rings. The predicted molar refractivity (Wildman–Crippen MR) is 99.6 cm³/mol. The molecular formula is C16H23Cl2N3O3S. The molecule has 1 amide bonds. The summed E-state index contributed by atoms with van der Waals surface area (Å²) in [4.78, 5) is 14.1. The molecule has 140 valence electrons. The number of rotatable bonds is 6. The Bertz CT molecular complexity index is 719. The Morgan fingerprint density at radius 1 is 1.24 bits per heavy atom. The number of halogens is 2. The number of carbonyl (C=O) groups excluding carboxylic acids is 1. The zero-order valence-corrected chi connectivity index (χ0v) is 16.7. The topological polar surface area (TPSA) is 69.7 Å². The van der Waals surface area contributed by atoms with Gasteiger partial charge in [0.05, 0.1) is 11.1 Å². The van der Waals surface area contributed by atoms with Crippen molar-refractivity contribution in [3.8, 4) is 0 Å². The number of hydrogen-bond donors (Lipinski definition) is 1. The Labute approximate surface area is 159 Å². The van der Waals surface area contributed by atoms with Gasteiger partial charge in [-0.1, -0.05) is 30.1 Å². The third-order valence-electron chi connectivity index (χ3n) is 4.26. The molecule has 1 N–H and O–H groups in total. The molecule has 1 aromatic rings. The summed E-state index contributed by atoms with van der Waals surface area (Å²) in [7, 11) is -3.71. The van der Waals surface area contributed by atoms with Crippen LogP contribution in [-0.2, 0) is 14.8 Å². The van der Waals surface area contributed by atoms with Gasteiger partial charge in [-0.3, -0.25) is 9.69 Å². The number of piperazine rings is 1. The van der Waals surface area contributed by atoms with Crippen LogP contribution in [0.4, 0.5) is 0 Å². The molecule has 6 nitrogen and oxygen atoms in total. The average molecular weight is 408 g/mol. The highest BCUT2D eigenvalue weighted by Crippen LogP contribution is 2.28. The van der Waals surface area contributed by atoms with Crippen LogP contribution in [0.15, 0.2) is 23.1 Å². The van der Waals surface area contributed by atoms with E-state index in [1.807, 2.05) is 18.7 Å². The van der Waals surface area contributed by atoms with Crippen molar-refractivity contribution in [1.29, 1.82) is 0 Å². The molecule has 0 aliphatic carbocycles. The van der Waals surface area contributed by atoms with Crippen LogP contribution in [0.5, 0.6) is 0 Å². The van der Waals surface area contributed by atoms with Gasteiger partial charge in [0.2, 0.25) is 15.9 Å². The Kier molecular flexibility index (Phi) is 7.10. The van der Waals surface area contributed by atoms with Gasteiger partial charge in [-0.15, -0.1) is 0 Å². The summed E-state index contributed by atoms with van der Waals surface area (Å²) in [5, 5.41) is 3.34. The molecule has 0 unspecified atom stereocenters. The van der Waals surface area contributed by atoms with Gasteiger partial charge in [0.15, 0.2) is 0 Å². The van der Waals surface area contributed by atoms with Gasteiger partial charge in [-0.25, -0.2) is 8.42 Å². The van der Waals surface area contributed by atoms with E-state index in [9.17, 15) is 13.2 Å². The predicted octanol–water partition coefficient (Wildman–Crippen LogP) is 2.21. The van der Waals surface area contributed by atoms with Crippen molar-refractivity contribution in [3.63, 3.8) is 0 Å². The summed E-state index contributed by atoms with van der Waals surface area (Å²) < 4.78 is 27.0. The first-order chi connectivity index (χ1) is 11.8. The van der Waals surface area contributed by atoms with E-state index >= 15 is 0 Å². The van der Waals surface area contributed by atoms with Crippen LogP contribution in [-0.4, -0.2) is 62.3 Å². The van der Waals surface area contributed by atoms with Crippen LogP contribution in [0.25, 0.3) is 0 Å². The fourth-order valence-electron chi connectivity index (χ4n) is 2.71. The number of nitrogens with one attached hydrogen (secondary N) is 1. The number of sulfonamides is 1. The van der Waals surface area contributed by atoms with Gasteiger partial charge in [0.1, 0.15) is 4.90 Å². The second-order valence-electron chi connectivity index (χ2n) is 5.98. The second-order valence-corrected chi connectivity index (χ2v) is 8.73. The molecule has 1 aromatic carbocycles. The number of benzene rings is 1. The molecule has 1 saturated heterocycles. The molecule has 1 aliphatic heterocycles. The fraction of sp³-hybridized carbons (Fsp3) is 0.562. The van der Waals surface area contributed by atoms with Crippen LogP contribution >= 0.6 is 23.2 Å². The minimum absolute atomic E-state index is 0.0175. The average Bonchev–Trinajstić information content (AvgIpc) is 2.61. The lowest BCUT2D eigenvalue weighted by Gasteiger charge is -2.36. The molecule has 9 heteroatoms. The van der Waals surface area contributed by atoms with Crippen LogP contribution in [0.3, 0.4) is 0 Å². The van der Waals surface area contributed by atoms with Gasteiger partial charge in [-0.05, 0) is 31.5 Å². The van der Waals surface area contributed by atoms with Crippen molar-refractivity contribution in [2.75, 3.05) is 32.7 Å². The molecule has 0 saturated carbocycles. The summed E-state index contributed by atoms with van der Waals surface area (Å²) in [6.45, 7) is 6.05. The van der Waals surface area contributed by atoms with E-state index in [0.29, 0.717) is 37.7 Å². The maximum Gasteiger partial charge on any atom is 0.244 e. The van der Waals surface area contributed by atoms with E-state index in [-0.39, 0.29) is 21.9 Å². The lowest BCUT2D eigenvalue weighted by molar-refractivity contribution is -0.126. The SMILES string of the molecule is CCCNC(=O)[C@@H](C)N1CCN(S(=O)(=O)c2cc(Cl)ccc2Cl)CC1. The minimum atomic E-state index is -3.71. The maximum atomic E-state index is 12.8. The van der Waals surface area contributed by atoms with E-state index in [4.69, 9.17) is 23.2 Å². The molecule has 1 atom stereocenters. The largest absolute Gasteiger partial charge is 0.355 e. The van der Waals surface area contributed by atoms with Crippen LogP contribution in [0.1, 0.15) is 20.3 Å². The molecule has 0 aromatic heterocycles. The monoisotopic (exact) mass is 407 g/mol. The van der Waals surface area contributed by atoms with E-state index in [0.717, 1.165) is 6.42 Å². The van der Waals surface area contributed by atoms with Gasteiger partial charge in [-0.2, -0.15) is 4.31 Å². The highest BCUT2D eigenvalue weighted by molar-refractivity contribution is 7.89. The molecule has 2 rings (SSSR count). The number of carbonyl (C=O) groups is 1. The Morgan fingerprint density at radius 2 is 1.88 bits per heavy atom. The number of hydrogen-bond acceptors (Lipinski definition) is 4. The maximum absolute atomic E-state index is 12.8. The lowest BCUT2D eigenvalue weighted by atomic mass is 10.2. The van der Waals surface area contributed by atoms with Crippen molar-refractivity contribution in [2.45, 2.75) is 31.2 Å². The van der Waals surface area contributed by atoms with Crippen molar-refractivity contribution >= 4 is 39.1 Å². The second kappa shape index (κ2) is 8.68. The van der Waals surface area contributed by atoms with Crippen molar-refractivity contribution in [1.82, 2.24) is 14.5 Å². The fourth-order valence-corrected chi connectivity index (χ4v) is 4.87. The smallest absolute Gasteiger partial charge is 0.244 e. The van der Waals surface area contributed by atoms with Crippen LogP contribution < -0.4 is 5.32 Å². The summed E-state index contributed by atoms with van der Waals surface area (Å²) in [6.07, 6.45) is 0.880. The summed E-state index contributed by atoms with van der Waals surface area (Å²) in [6, 6.07) is 4.11.